The number of hydrogen-bond acceptors (Lipinski definition) is 5. The van der Waals surface area contributed by atoms with Gasteiger partial charge in [-0.3, -0.25) is 0 Å². The van der Waals surface area contributed by atoms with Crippen molar-refractivity contribution in [2.45, 2.75) is 5.41 Å². The fraction of sp³-hybridized carbons (Fsp3) is 0.0213. The highest BCUT2D eigenvalue weighted by Gasteiger charge is 2.50. The Kier molecular flexibility index (Phi) is 6.70. The molecule has 7 aromatic carbocycles. The second kappa shape index (κ2) is 11.7. The molecule has 0 amide bonds. The van der Waals surface area contributed by atoms with Gasteiger partial charge < -0.3 is 4.74 Å². The van der Waals surface area contributed by atoms with Crippen molar-refractivity contribution in [3.05, 3.63) is 198 Å². The number of ether oxygens (including phenoxy) is 1. The summed E-state index contributed by atoms with van der Waals surface area (Å²) >= 11 is 0. The highest BCUT2D eigenvalue weighted by molar-refractivity contribution is 5.90. The molecular formula is C47H28N4O. The Labute approximate surface area is 301 Å². The zero-order valence-electron chi connectivity index (χ0n) is 27.9. The van der Waals surface area contributed by atoms with Crippen LogP contribution in [0.1, 0.15) is 27.8 Å². The molecule has 0 fully saturated rings. The van der Waals surface area contributed by atoms with Crippen LogP contribution in [0.5, 0.6) is 11.5 Å². The summed E-state index contributed by atoms with van der Waals surface area (Å²) in [6, 6.07) is 60.2. The first-order valence-electron chi connectivity index (χ1n) is 17.2. The quantitative estimate of drug-likeness (QED) is 0.187. The van der Waals surface area contributed by atoms with Crippen LogP contribution < -0.4 is 4.74 Å². The SMILES string of the molecule is N#Cc1ccc(-c2cccc(-c3nc(-c4ccccc4)nc(-c4ccc5c(c4)-c4ccccc4C54c5ccccc5Oc5ccccc54)n3)c2)cc1. The van der Waals surface area contributed by atoms with Crippen LogP contribution in [0.4, 0.5) is 0 Å². The fourth-order valence-electron chi connectivity index (χ4n) is 7.92. The van der Waals surface area contributed by atoms with Gasteiger partial charge in [-0.2, -0.15) is 5.26 Å². The second-order valence-electron chi connectivity index (χ2n) is 13.1. The molecule has 242 valence electrons. The number of aromatic nitrogens is 3. The molecule has 1 spiro atoms. The van der Waals surface area contributed by atoms with Crippen molar-refractivity contribution >= 4 is 0 Å². The number of nitrogens with zero attached hydrogens (tertiary/aromatic N) is 4. The fourth-order valence-corrected chi connectivity index (χ4v) is 7.92. The van der Waals surface area contributed by atoms with Gasteiger partial charge in [0.15, 0.2) is 17.5 Å². The molecule has 1 aliphatic heterocycles. The van der Waals surface area contributed by atoms with E-state index in [4.69, 9.17) is 19.7 Å². The van der Waals surface area contributed by atoms with E-state index in [0.29, 0.717) is 23.0 Å². The Morgan fingerprint density at radius 3 is 1.62 bits per heavy atom. The van der Waals surface area contributed by atoms with E-state index in [9.17, 15) is 5.26 Å². The highest BCUT2D eigenvalue weighted by Crippen LogP contribution is 2.62. The number of para-hydroxylation sites is 2. The lowest BCUT2D eigenvalue weighted by molar-refractivity contribution is 0.436. The summed E-state index contributed by atoms with van der Waals surface area (Å²) in [5, 5.41) is 9.30. The van der Waals surface area contributed by atoms with Crippen LogP contribution in [0.3, 0.4) is 0 Å². The predicted molar refractivity (Wildman–Crippen MR) is 204 cm³/mol. The van der Waals surface area contributed by atoms with Gasteiger partial charge in [-0.25, -0.2) is 15.0 Å². The molecule has 0 N–H and O–H groups in total. The molecule has 10 rings (SSSR count). The van der Waals surface area contributed by atoms with Gasteiger partial charge in [-0.15, -0.1) is 0 Å². The summed E-state index contributed by atoms with van der Waals surface area (Å²) in [6.07, 6.45) is 0. The van der Waals surface area contributed by atoms with E-state index in [1.54, 1.807) is 0 Å². The van der Waals surface area contributed by atoms with Gasteiger partial charge >= 0.3 is 0 Å². The normalized spacial score (nSPS) is 12.9. The standard InChI is InChI=1S/C47H28N4O/c48-29-30-21-23-31(24-22-30)33-13-10-14-34(27-33)45-49-44(32-11-2-1-3-12-32)50-46(51-45)35-25-26-39-37(28-35)36-15-4-5-16-38(36)47(39)40-17-6-8-19-42(40)52-43-20-9-7-18-41(43)47/h1-28H. The molecule has 8 aromatic rings. The third kappa shape index (κ3) is 4.52. The first kappa shape index (κ1) is 29.7. The van der Waals surface area contributed by atoms with Gasteiger partial charge in [-0.05, 0) is 69.8 Å². The van der Waals surface area contributed by atoms with Crippen LogP contribution >= 0.6 is 0 Å². The summed E-state index contributed by atoms with van der Waals surface area (Å²) < 4.78 is 6.50. The van der Waals surface area contributed by atoms with E-state index >= 15 is 0 Å². The van der Waals surface area contributed by atoms with E-state index < -0.39 is 5.41 Å². The van der Waals surface area contributed by atoms with Crippen LogP contribution in [0.25, 0.3) is 56.4 Å². The van der Waals surface area contributed by atoms with E-state index in [0.717, 1.165) is 56.0 Å². The van der Waals surface area contributed by atoms with E-state index in [1.807, 2.05) is 78.9 Å². The Morgan fingerprint density at radius 1 is 0.404 bits per heavy atom. The topological polar surface area (TPSA) is 71.7 Å². The summed E-state index contributed by atoms with van der Waals surface area (Å²) in [7, 11) is 0. The molecule has 1 aliphatic carbocycles. The monoisotopic (exact) mass is 664 g/mol. The maximum atomic E-state index is 9.30. The number of benzene rings is 7. The number of fused-ring (bicyclic) bond motifs is 9. The molecule has 2 heterocycles. The van der Waals surface area contributed by atoms with Crippen molar-refractivity contribution in [1.82, 2.24) is 15.0 Å². The smallest absolute Gasteiger partial charge is 0.164 e. The van der Waals surface area contributed by atoms with Crippen LogP contribution in [0.15, 0.2) is 170 Å². The van der Waals surface area contributed by atoms with E-state index in [2.05, 4.69) is 97.1 Å². The zero-order valence-corrected chi connectivity index (χ0v) is 27.9. The minimum absolute atomic E-state index is 0.540. The number of rotatable bonds is 4. The highest BCUT2D eigenvalue weighted by atomic mass is 16.5. The lowest BCUT2D eigenvalue weighted by Crippen LogP contribution is -2.32. The van der Waals surface area contributed by atoms with Crippen molar-refractivity contribution in [1.29, 1.82) is 5.26 Å². The van der Waals surface area contributed by atoms with Crippen molar-refractivity contribution < 1.29 is 4.74 Å². The molecule has 0 saturated heterocycles. The molecule has 0 bridgehead atoms. The molecule has 5 nitrogen and oxygen atoms in total. The minimum atomic E-state index is -0.540. The average Bonchev–Trinajstić information content (AvgIpc) is 3.51. The third-order valence-corrected chi connectivity index (χ3v) is 10.2. The van der Waals surface area contributed by atoms with Gasteiger partial charge in [0.25, 0.3) is 0 Å². The van der Waals surface area contributed by atoms with Gasteiger partial charge in [0, 0.05) is 27.8 Å². The molecule has 52 heavy (non-hydrogen) atoms. The van der Waals surface area contributed by atoms with Crippen LogP contribution in [-0.4, -0.2) is 15.0 Å². The molecular weight excluding hydrogens is 637 g/mol. The molecule has 0 saturated carbocycles. The van der Waals surface area contributed by atoms with Crippen LogP contribution in [0, 0.1) is 11.3 Å². The van der Waals surface area contributed by atoms with Crippen molar-refractivity contribution in [2.75, 3.05) is 0 Å². The summed E-state index contributed by atoms with van der Waals surface area (Å²) in [5.41, 5.74) is 11.8. The van der Waals surface area contributed by atoms with Crippen LogP contribution in [-0.2, 0) is 5.41 Å². The van der Waals surface area contributed by atoms with E-state index in [1.165, 1.54) is 16.7 Å². The number of nitriles is 1. The molecule has 0 radical (unpaired) electrons. The Bertz CT molecular complexity index is 2680. The van der Waals surface area contributed by atoms with Crippen molar-refractivity contribution in [3.8, 4) is 74.0 Å². The molecule has 0 unspecified atom stereocenters. The number of hydrogen-bond donors (Lipinski definition) is 0. The Balaban J connectivity index is 1.17. The molecule has 5 heteroatoms. The molecule has 2 aliphatic rings. The Morgan fingerprint density at radius 2 is 0.923 bits per heavy atom. The Hall–Kier alpha value is -7.16. The third-order valence-electron chi connectivity index (χ3n) is 10.2. The maximum Gasteiger partial charge on any atom is 0.164 e. The summed E-state index contributed by atoms with van der Waals surface area (Å²) in [5.74, 6) is 3.52. The van der Waals surface area contributed by atoms with E-state index in [-0.39, 0.29) is 0 Å². The second-order valence-corrected chi connectivity index (χ2v) is 13.1. The average molecular weight is 665 g/mol. The van der Waals surface area contributed by atoms with Crippen molar-refractivity contribution in [3.63, 3.8) is 0 Å². The first-order valence-corrected chi connectivity index (χ1v) is 17.2. The zero-order chi connectivity index (χ0) is 34.6. The molecule has 0 atom stereocenters. The van der Waals surface area contributed by atoms with Gasteiger partial charge in [-0.1, -0.05) is 133 Å². The van der Waals surface area contributed by atoms with Gasteiger partial charge in [0.1, 0.15) is 11.5 Å². The summed E-state index contributed by atoms with van der Waals surface area (Å²) in [4.78, 5) is 15.2. The van der Waals surface area contributed by atoms with Crippen LogP contribution in [0.2, 0.25) is 0 Å². The van der Waals surface area contributed by atoms with Gasteiger partial charge in [0.05, 0.1) is 17.0 Å². The summed E-state index contributed by atoms with van der Waals surface area (Å²) in [6.45, 7) is 0. The van der Waals surface area contributed by atoms with Gasteiger partial charge in [0.2, 0.25) is 0 Å². The minimum Gasteiger partial charge on any atom is -0.457 e. The predicted octanol–water partition coefficient (Wildman–Crippen LogP) is 10.9. The lowest BCUT2D eigenvalue weighted by atomic mass is 9.66. The molecule has 1 aromatic heterocycles. The first-order chi connectivity index (χ1) is 25.7. The largest absolute Gasteiger partial charge is 0.457 e. The van der Waals surface area contributed by atoms with Crippen molar-refractivity contribution in [2.24, 2.45) is 0 Å². The lowest BCUT2D eigenvalue weighted by Gasteiger charge is -2.39. The maximum absolute atomic E-state index is 9.30.